The van der Waals surface area contributed by atoms with Crippen molar-refractivity contribution in [2.75, 3.05) is 14.2 Å². The molecule has 4 nitrogen and oxygen atoms in total. The average Bonchev–Trinajstić information content (AvgIpc) is 2.64. The van der Waals surface area contributed by atoms with E-state index in [1.54, 1.807) is 20.3 Å². The number of methoxy groups -OCH3 is 2. The van der Waals surface area contributed by atoms with Gasteiger partial charge in [-0.1, -0.05) is 43.3 Å². The van der Waals surface area contributed by atoms with Crippen molar-refractivity contribution in [1.82, 2.24) is 5.32 Å². The van der Waals surface area contributed by atoms with Crippen LogP contribution in [0.5, 0.6) is 11.5 Å². The predicted octanol–water partition coefficient (Wildman–Crippen LogP) is 3.98. The third-order valence-corrected chi connectivity index (χ3v) is 3.76. The van der Waals surface area contributed by atoms with Crippen LogP contribution in [0.15, 0.2) is 54.6 Å². The van der Waals surface area contributed by atoms with Crippen molar-refractivity contribution in [3.05, 3.63) is 65.7 Å². The Balaban J connectivity index is 2.04. The minimum absolute atomic E-state index is 0.00811. The minimum Gasteiger partial charge on any atom is -0.493 e. The van der Waals surface area contributed by atoms with Gasteiger partial charge in [0, 0.05) is 6.08 Å². The highest BCUT2D eigenvalue weighted by molar-refractivity contribution is 5.92. The summed E-state index contributed by atoms with van der Waals surface area (Å²) in [4.78, 5) is 12.2. The first-order valence-electron chi connectivity index (χ1n) is 7.93. The zero-order valence-corrected chi connectivity index (χ0v) is 14.3. The van der Waals surface area contributed by atoms with E-state index in [9.17, 15) is 4.79 Å². The molecule has 1 atom stereocenters. The van der Waals surface area contributed by atoms with Crippen molar-refractivity contribution < 1.29 is 14.3 Å². The van der Waals surface area contributed by atoms with E-state index in [0.29, 0.717) is 11.5 Å². The zero-order valence-electron chi connectivity index (χ0n) is 14.3. The van der Waals surface area contributed by atoms with Crippen LogP contribution in [0.2, 0.25) is 0 Å². The Labute approximate surface area is 143 Å². The van der Waals surface area contributed by atoms with Gasteiger partial charge in [-0.2, -0.15) is 0 Å². The maximum atomic E-state index is 12.2. The van der Waals surface area contributed by atoms with Crippen LogP contribution in [0.3, 0.4) is 0 Å². The Bertz CT molecular complexity index is 695. The van der Waals surface area contributed by atoms with Crippen molar-refractivity contribution in [3.8, 4) is 11.5 Å². The number of amides is 1. The molecule has 1 N–H and O–H groups in total. The smallest absolute Gasteiger partial charge is 0.244 e. The minimum atomic E-state index is -0.125. The highest BCUT2D eigenvalue weighted by atomic mass is 16.5. The summed E-state index contributed by atoms with van der Waals surface area (Å²) >= 11 is 0. The monoisotopic (exact) mass is 325 g/mol. The van der Waals surface area contributed by atoms with Gasteiger partial charge in [-0.25, -0.2) is 0 Å². The molecule has 0 saturated heterocycles. The van der Waals surface area contributed by atoms with Gasteiger partial charge in [-0.15, -0.1) is 0 Å². The molecular formula is C20H23NO3. The maximum Gasteiger partial charge on any atom is 0.244 e. The van der Waals surface area contributed by atoms with Crippen LogP contribution in [0.25, 0.3) is 6.08 Å². The quantitative estimate of drug-likeness (QED) is 0.783. The van der Waals surface area contributed by atoms with E-state index in [1.165, 1.54) is 6.08 Å². The van der Waals surface area contributed by atoms with E-state index >= 15 is 0 Å². The summed E-state index contributed by atoms with van der Waals surface area (Å²) in [5, 5.41) is 3.02. The van der Waals surface area contributed by atoms with Crippen molar-refractivity contribution in [2.45, 2.75) is 19.4 Å². The average molecular weight is 325 g/mol. The van der Waals surface area contributed by atoms with Crippen LogP contribution < -0.4 is 14.8 Å². The molecule has 1 amide bonds. The summed E-state index contributed by atoms with van der Waals surface area (Å²) in [6.45, 7) is 2.05. The topological polar surface area (TPSA) is 47.6 Å². The van der Waals surface area contributed by atoms with Gasteiger partial charge >= 0.3 is 0 Å². The molecule has 2 rings (SSSR count). The Hall–Kier alpha value is -2.75. The van der Waals surface area contributed by atoms with E-state index in [1.807, 2.05) is 48.5 Å². The number of nitrogens with one attached hydrogen (secondary N) is 1. The highest BCUT2D eigenvalue weighted by Crippen LogP contribution is 2.28. The summed E-state index contributed by atoms with van der Waals surface area (Å²) in [7, 11) is 3.18. The molecule has 0 aromatic heterocycles. The summed E-state index contributed by atoms with van der Waals surface area (Å²) in [6.07, 6.45) is 4.13. The number of carbonyl (C=O) groups is 1. The summed E-state index contributed by atoms with van der Waals surface area (Å²) < 4.78 is 10.5. The van der Waals surface area contributed by atoms with E-state index in [-0.39, 0.29) is 11.9 Å². The number of rotatable bonds is 7. The molecule has 0 aliphatic rings. The maximum absolute atomic E-state index is 12.2. The fraction of sp³-hybridized carbons (Fsp3) is 0.250. The van der Waals surface area contributed by atoms with Gasteiger partial charge in [-0.3, -0.25) is 4.79 Å². The summed E-state index contributed by atoms with van der Waals surface area (Å²) in [5.74, 6) is 1.17. The number of hydrogen-bond donors (Lipinski definition) is 1. The molecule has 24 heavy (non-hydrogen) atoms. The Morgan fingerprint density at radius 3 is 2.42 bits per heavy atom. The Kier molecular flexibility index (Phi) is 6.43. The van der Waals surface area contributed by atoms with Gasteiger partial charge in [0.1, 0.15) is 0 Å². The van der Waals surface area contributed by atoms with Crippen LogP contribution in [-0.4, -0.2) is 20.1 Å². The molecule has 0 spiro atoms. The lowest BCUT2D eigenvalue weighted by molar-refractivity contribution is -0.117. The van der Waals surface area contributed by atoms with Gasteiger partial charge in [0.15, 0.2) is 11.5 Å². The lowest BCUT2D eigenvalue weighted by Crippen LogP contribution is -2.26. The van der Waals surface area contributed by atoms with Crippen molar-refractivity contribution in [3.63, 3.8) is 0 Å². The lowest BCUT2D eigenvalue weighted by Gasteiger charge is -2.16. The van der Waals surface area contributed by atoms with E-state index in [4.69, 9.17) is 9.47 Å². The van der Waals surface area contributed by atoms with E-state index < -0.39 is 0 Å². The van der Waals surface area contributed by atoms with Crippen LogP contribution in [0.4, 0.5) is 0 Å². The first-order chi connectivity index (χ1) is 11.7. The second-order valence-corrected chi connectivity index (χ2v) is 5.33. The number of hydrogen-bond acceptors (Lipinski definition) is 3. The summed E-state index contributed by atoms with van der Waals surface area (Å²) in [5.41, 5.74) is 1.98. The van der Waals surface area contributed by atoms with E-state index in [2.05, 4.69) is 12.2 Å². The third-order valence-electron chi connectivity index (χ3n) is 3.76. The molecule has 0 saturated carbocycles. The molecular weight excluding hydrogens is 302 g/mol. The predicted molar refractivity (Wildman–Crippen MR) is 96.2 cm³/mol. The highest BCUT2D eigenvalue weighted by Gasteiger charge is 2.10. The van der Waals surface area contributed by atoms with Gasteiger partial charge < -0.3 is 14.8 Å². The largest absolute Gasteiger partial charge is 0.493 e. The van der Waals surface area contributed by atoms with Gasteiger partial charge in [-0.05, 0) is 35.8 Å². The molecule has 0 radical (unpaired) electrons. The molecule has 0 fully saturated rings. The van der Waals surface area contributed by atoms with Crippen molar-refractivity contribution >= 4 is 12.0 Å². The molecule has 126 valence electrons. The third kappa shape index (κ3) is 4.62. The number of benzene rings is 2. The summed E-state index contributed by atoms with van der Waals surface area (Å²) in [6, 6.07) is 15.5. The van der Waals surface area contributed by atoms with Gasteiger partial charge in [0.05, 0.1) is 20.3 Å². The van der Waals surface area contributed by atoms with Crippen LogP contribution >= 0.6 is 0 Å². The van der Waals surface area contributed by atoms with Crippen molar-refractivity contribution in [1.29, 1.82) is 0 Å². The molecule has 0 aliphatic heterocycles. The fourth-order valence-corrected chi connectivity index (χ4v) is 2.45. The second-order valence-electron chi connectivity index (χ2n) is 5.33. The van der Waals surface area contributed by atoms with Crippen molar-refractivity contribution in [2.24, 2.45) is 0 Å². The van der Waals surface area contributed by atoms with Crippen LogP contribution in [0, 0.1) is 0 Å². The molecule has 4 heteroatoms. The molecule has 2 aromatic carbocycles. The molecule has 0 heterocycles. The number of carbonyl (C=O) groups excluding carboxylic acids is 1. The second kappa shape index (κ2) is 8.77. The van der Waals surface area contributed by atoms with E-state index in [0.717, 1.165) is 17.5 Å². The Morgan fingerprint density at radius 1 is 1.08 bits per heavy atom. The number of ether oxygens (including phenoxy) is 2. The first-order valence-corrected chi connectivity index (χ1v) is 7.93. The molecule has 2 aromatic rings. The Morgan fingerprint density at radius 2 is 1.79 bits per heavy atom. The molecule has 0 aliphatic carbocycles. The van der Waals surface area contributed by atoms with Gasteiger partial charge in [0.25, 0.3) is 0 Å². The van der Waals surface area contributed by atoms with Crippen LogP contribution in [-0.2, 0) is 4.79 Å². The molecule has 0 unspecified atom stereocenters. The fourth-order valence-electron chi connectivity index (χ4n) is 2.45. The lowest BCUT2D eigenvalue weighted by atomic mass is 10.0. The zero-order chi connectivity index (χ0) is 17.4. The first kappa shape index (κ1) is 17.6. The molecule has 0 bridgehead atoms. The normalized spacial score (nSPS) is 12.0. The van der Waals surface area contributed by atoms with Gasteiger partial charge in [0.2, 0.25) is 5.91 Å². The standard InChI is InChI=1S/C20H23NO3/c1-4-17(16-8-6-5-7-9-16)21-20(22)13-11-15-10-12-18(23-2)19(14-15)24-3/h5-14,17H,4H2,1-3H3,(H,21,22)/b13-11+/t17-/m0/s1. The van der Waals surface area contributed by atoms with Crippen LogP contribution in [0.1, 0.15) is 30.5 Å². The SMILES string of the molecule is CC[C@H](NC(=O)/C=C/c1ccc(OC)c(OC)c1)c1ccccc1.